The minimum absolute atomic E-state index is 0.432. The van der Waals surface area contributed by atoms with Gasteiger partial charge in [-0.1, -0.05) is 99.3 Å². The summed E-state index contributed by atoms with van der Waals surface area (Å²) in [5, 5.41) is 3.78. The van der Waals surface area contributed by atoms with E-state index in [1.165, 1.54) is 16.3 Å². The zero-order valence-corrected chi connectivity index (χ0v) is 17.7. The van der Waals surface area contributed by atoms with Gasteiger partial charge in [0.1, 0.15) is 0 Å². The summed E-state index contributed by atoms with van der Waals surface area (Å²) in [4.78, 5) is 0. The molecule has 0 fully saturated rings. The van der Waals surface area contributed by atoms with E-state index in [-0.39, 0.29) is 0 Å². The molecule has 3 heteroatoms. The molecule has 3 rings (SSSR count). The van der Waals surface area contributed by atoms with Crippen molar-refractivity contribution < 1.29 is 0 Å². The van der Waals surface area contributed by atoms with Crippen LogP contribution in [0.2, 0.25) is 10.0 Å². The molecule has 0 aliphatic carbocycles. The van der Waals surface area contributed by atoms with E-state index in [4.69, 9.17) is 31.0 Å². The topological polar surface area (TPSA) is 0 Å². The number of hydrogen-bond donors (Lipinski definition) is 0. The second-order valence-corrected chi connectivity index (χ2v) is 7.76. The Bertz CT molecular complexity index is 973. The van der Waals surface area contributed by atoms with Crippen molar-refractivity contribution in [2.24, 2.45) is 0 Å². The van der Waals surface area contributed by atoms with Gasteiger partial charge in [-0.2, -0.15) is 5.82 Å². The fourth-order valence-electron chi connectivity index (χ4n) is 3.00. The molecule has 0 saturated carbocycles. The predicted octanol–water partition coefficient (Wildman–Crippen LogP) is 7.56. The molecule has 3 aromatic carbocycles. The third-order valence-electron chi connectivity index (χ3n) is 4.37. The summed E-state index contributed by atoms with van der Waals surface area (Å²) in [6.45, 7) is 8.58. The van der Waals surface area contributed by atoms with Crippen molar-refractivity contribution in [3.05, 3.63) is 81.3 Å². The molecule has 0 atom stereocenters. The van der Waals surface area contributed by atoms with Gasteiger partial charge < -0.3 is 0 Å². The number of fused-ring (bicyclic) bond motifs is 1. The molecule has 0 bridgehead atoms. The van der Waals surface area contributed by atoms with Gasteiger partial charge in [-0.25, -0.2) is 0 Å². The van der Waals surface area contributed by atoms with E-state index in [0.29, 0.717) is 21.9 Å². The van der Waals surface area contributed by atoms with Crippen molar-refractivity contribution in [1.82, 2.24) is 0 Å². The SMILES string of the molecule is CC(C)c1cccc(Cl)c1Cl.[B]C#Cc1cccc2cccc(C(C)C)c12. The lowest BCUT2D eigenvalue weighted by Crippen LogP contribution is -1.91. The van der Waals surface area contributed by atoms with E-state index in [2.05, 4.69) is 63.7 Å². The number of halogens is 2. The molecule has 0 aromatic heterocycles. The standard InChI is InChI=1S/C15H13B.C9H10Cl2/c1-11(2)14-8-4-7-12-5-3-6-13(9-10-16)15(12)14;1-6(2)7-4-3-5-8(10)9(7)11/h3-8,11H,1-2H3;3-6H,1-2H3. The van der Waals surface area contributed by atoms with E-state index >= 15 is 0 Å². The second-order valence-electron chi connectivity index (χ2n) is 6.97. The van der Waals surface area contributed by atoms with Crippen LogP contribution in [0, 0.1) is 11.7 Å². The monoisotopic (exact) mass is 392 g/mol. The molecule has 0 heterocycles. The van der Waals surface area contributed by atoms with E-state index in [1.54, 1.807) is 6.07 Å². The average Bonchev–Trinajstić information content (AvgIpc) is 2.64. The molecule has 27 heavy (non-hydrogen) atoms. The third kappa shape index (κ3) is 5.32. The van der Waals surface area contributed by atoms with Gasteiger partial charge in [0.05, 0.1) is 10.0 Å². The summed E-state index contributed by atoms with van der Waals surface area (Å²) in [6, 6.07) is 18.2. The maximum atomic E-state index is 5.96. The van der Waals surface area contributed by atoms with Crippen molar-refractivity contribution in [2.75, 3.05) is 0 Å². The highest BCUT2D eigenvalue weighted by Gasteiger charge is 2.07. The smallest absolute Gasteiger partial charge is 0.167 e. The minimum atomic E-state index is 0.432. The molecule has 0 N–H and O–H groups in total. The molecule has 0 nitrogen and oxygen atoms in total. The lowest BCUT2D eigenvalue weighted by molar-refractivity contribution is 0.867. The van der Waals surface area contributed by atoms with Crippen molar-refractivity contribution in [1.29, 1.82) is 0 Å². The van der Waals surface area contributed by atoms with Crippen LogP contribution in [0.1, 0.15) is 56.2 Å². The van der Waals surface area contributed by atoms with Crippen LogP contribution in [0.15, 0.2) is 54.6 Å². The van der Waals surface area contributed by atoms with Gasteiger partial charge in [0.2, 0.25) is 0 Å². The van der Waals surface area contributed by atoms with Crippen LogP contribution in [0.5, 0.6) is 0 Å². The fourth-order valence-corrected chi connectivity index (χ4v) is 3.53. The molecular formula is C24H23BCl2. The molecule has 0 aliphatic rings. The van der Waals surface area contributed by atoms with Gasteiger partial charge in [0.25, 0.3) is 0 Å². The van der Waals surface area contributed by atoms with E-state index < -0.39 is 0 Å². The van der Waals surface area contributed by atoms with E-state index in [0.717, 1.165) is 11.1 Å². The highest BCUT2D eigenvalue weighted by atomic mass is 35.5. The Labute approximate surface area is 174 Å². The second kappa shape index (κ2) is 9.89. The van der Waals surface area contributed by atoms with Gasteiger partial charge in [0, 0.05) is 10.9 Å². The van der Waals surface area contributed by atoms with Crippen molar-refractivity contribution in [3.63, 3.8) is 0 Å². The Hall–Kier alpha value is -1.88. The van der Waals surface area contributed by atoms with Crippen molar-refractivity contribution in [2.45, 2.75) is 39.5 Å². The molecule has 136 valence electrons. The van der Waals surface area contributed by atoms with Gasteiger partial charge in [-0.3, -0.25) is 0 Å². The molecule has 0 amide bonds. The number of hydrogen-bond acceptors (Lipinski definition) is 0. The Kier molecular flexibility index (Phi) is 7.84. The molecular weight excluding hydrogens is 370 g/mol. The van der Waals surface area contributed by atoms with Crippen LogP contribution < -0.4 is 0 Å². The Morgan fingerprint density at radius 1 is 0.778 bits per heavy atom. The molecule has 0 spiro atoms. The van der Waals surface area contributed by atoms with Crippen LogP contribution in [-0.4, -0.2) is 7.85 Å². The lowest BCUT2D eigenvalue weighted by atomic mass is 9.92. The third-order valence-corrected chi connectivity index (χ3v) is 5.20. The largest absolute Gasteiger partial charge is 0.188 e. The molecule has 2 radical (unpaired) electrons. The highest BCUT2D eigenvalue weighted by molar-refractivity contribution is 6.42. The predicted molar refractivity (Wildman–Crippen MR) is 121 cm³/mol. The summed E-state index contributed by atoms with van der Waals surface area (Å²) < 4.78 is 0. The first kappa shape index (κ1) is 21.4. The van der Waals surface area contributed by atoms with Crippen LogP contribution >= 0.6 is 23.2 Å². The van der Waals surface area contributed by atoms with Gasteiger partial charge in [-0.05, 0) is 40.5 Å². The normalized spacial score (nSPS) is 10.4. The molecule has 0 saturated heterocycles. The minimum Gasteiger partial charge on any atom is -0.167 e. The fraction of sp³-hybridized carbons (Fsp3) is 0.250. The zero-order chi connectivity index (χ0) is 20.0. The summed E-state index contributed by atoms with van der Waals surface area (Å²) in [5.41, 5.74) is 3.46. The first-order chi connectivity index (χ1) is 12.9. The Morgan fingerprint density at radius 3 is 1.89 bits per heavy atom. The van der Waals surface area contributed by atoms with Gasteiger partial charge in [-0.15, -0.1) is 0 Å². The summed E-state index contributed by atoms with van der Waals surface area (Å²) in [7, 11) is 5.32. The summed E-state index contributed by atoms with van der Waals surface area (Å²) in [6.07, 6.45) is 0. The number of benzene rings is 3. The quantitative estimate of drug-likeness (QED) is 0.311. The lowest BCUT2D eigenvalue weighted by Gasteiger charge is -2.11. The van der Waals surface area contributed by atoms with Crippen molar-refractivity contribution in [3.8, 4) is 11.7 Å². The Balaban J connectivity index is 0.000000208. The maximum Gasteiger partial charge on any atom is 0.188 e. The van der Waals surface area contributed by atoms with Gasteiger partial charge in [0.15, 0.2) is 7.85 Å². The molecule has 3 aromatic rings. The maximum absolute atomic E-state index is 5.96. The molecule has 0 unspecified atom stereocenters. The summed E-state index contributed by atoms with van der Waals surface area (Å²) in [5.74, 6) is 6.39. The first-order valence-electron chi connectivity index (χ1n) is 9.04. The van der Waals surface area contributed by atoms with Crippen LogP contribution in [-0.2, 0) is 0 Å². The zero-order valence-electron chi connectivity index (χ0n) is 16.2. The van der Waals surface area contributed by atoms with Crippen LogP contribution in [0.3, 0.4) is 0 Å². The van der Waals surface area contributed by atoms with E-state index in [9.17, 15) is 0 Å². The number of rotatable bonds is 2. The van der Waals surface area contributed by atoms with Gasteiger partial charge >= 0.3 is 0 Å². The highest BCUT2D eigenvalue weighted by Crippen LogP contribution is 2.30. The van der Waals surface area contributed by atoms with Crippen LogP contribution in [0.4, 0.5) is 0 Å². The van der Waals surface area contributed by atoms with Crippen LogP contribution in [0.25, 0.3) is 10.8 Å². The first-order valence-corrected chi connectivity index (χ1v) is 9.79. The van der Waals surface area contributed by atoms with E-state index in [1.807, 2.05) is 24.3 Å². The Morgan fingerprint density at radius 2 is 1.33 bits per heavy atom. The summed E-state index contributed by atoms with van der Waals surface area (Å²) >= 11 is 11.8. The average molecular weight is 393 g/mol. The van der Waals surface area contributed by atoms with Crippen molar-refractivity contribution >= 4 is 41.8 Å². The molecule has 0 aliphatic heterocycles.